The number of primary amides is 1. The molecule has 9 nitrogen and oxygen atoms in total. The molecular formula is C7H15N2NaO7S2. The molecule has 0 aliphatic rings. The molecule has 12 heteroatoms. The summed E-state index contributed by atoms with van der Waals surface area (Å²) >= 11 is 0. The Balaban J connectivity index is 0. The molecule has 0 aromatic rings. The molecule has 0 radical (unpaired) electrons. The fraction of sp³-hybridized carbons (Fsp3) is 0.857. The van der Waals surface area contributed by atoms with Gasteiger partial charge in [-0.05, 0) is 0 Å². The van der Waals surface area contributed by atoms with Crippen molar-refractivity contribution in [2.75, 3.05) is 32.9 Å². The van der Waals surface area contributed by atoms with E-state index < -0.39 is 43.7 Å². The second-order valence-corrected chi connectivity index (χ2v) is 7.68. The maximum atomic E-state index is 10.9. The molecule has 0 rings (SSSR count). The molecule has 0 saturated heterocycles. The molecule has 0 fully saturated rings. The zero-order chi connectivity index (χ0) is 14.8. The fourth-order valence-corrected chi connectivity index (χ4v) is 3.81. The Hall–Kier alpha value is 0.250. The zero-order valence-electron chi connectivity index (χ0n) is 10.9. The van der Waals surface area contributed by atoms with E-state index in [1.165, 1.54) is 14.1 Å². The topological polar surface area (TPSA) is 157 Å². The van der Waals surface area contributed by atoms with Gasteiger partial charge in [-0.2, -0.15) is 0 Å². The molecule has 1 unspecified atom stereocenters. The first-order chi connectivity index (χ1) is 7.73. The molecule has 0 spiro atoms. The predicted octanol–water partition coefficient (Wildman–Crippen LogP) is -5.99. The van der Waals surface area contributed by atoms with Gasteiger partial charge in [-0.3, -0.25) is 4.79 Å². The van der Waals surface area contributed by atoms with Crippen LogP contribution in [0, 0.1) is 0 Å². The van der Waals surface area contributed by atoms with Crippen molar-refractivity contribution < 1.29 is 64.8 Å². The van der Waals surface area contributed by atoms with Gasteiger partial charge in [0, 0.05) is 0 Å². The van der Waals surface area contributed by atoms with E-state index in [9.17, 15) is 30.7 Å². The first-order valence-corrected chi connectivity index (χ1v) is 7.76. The maximum absolute atomic E-state index is 10.9. The average molecular weight is 326 g/mol. The summed E-state index contributed by atoms with van der Waals surface area (Å²) in [7, 11) is -7.05. The number of rotatable bonds is 7. The summed E-state index contributed by atoms with van der Waals surface area (Å²) in [5.74, 6) is -2.06. The van der Waals surface area contributed by atoms with Crippen molar-refractivity contribution in [1.29, 1.82) is 0 Å². The van der Waals surface area contributed by atoms with Crippen LogP contribution in [0.4, 0.5) is 0 Å². The number of nitrogens with two attached hydrogens (primary N) is 1. The molecule has 1 amide bonds. The van der Waals surface area contributed by atoms with Gasteiger partial charge in [-0.15, -0.1) is 0 Å². The van der Waals surface area contributed by atoms with Crippen molar-refractivity contribution >= 4 is 26.1 Å². The number of amides is 1. The summed E-state index contributed by atoms with van der Waals surface area (Å²) in [6.07, 6.45) is 0. The normalized spacial score (nSPS) is 14.5. The van der Waals surface area contributed by atoms with Crippen LogP contribution < -0.4 is 35.3 Å². The Kier molecular flexibility index (Phi) is 8.29. The number of quaternary nitrogens is 1. The number of hydrogen-bond acceptors (Lipinski definition) is 7. The van der Waals surface area contributed by atoms with Crippen LogP contribution in [0.15, 0.2) is 0 Å². The van der Waals surface area contributed by atoms with E-state index in [0.29, 0.717) is 0 Å². The van der Waals surface area contributed by atoms with Crippen molar-refractivity contribution in [3.63, 3.8) is 0 Å². The molecule has 2 N–H and O–H groups in total. The summed E-state index contributed by atoms with van der Waals surface area (Å²) in [6, 6.07) is 0. The minimum Gasteiger partial charge on any atom is -0.748 e. The van der Waals surface area contributed by atoms with Gasteiger partial charge in [0.15, 0.2) is 6.54 Å². The monoisotopic (exact) mass is 326 g/mol. The van der Waals surface area contributed by atoms with Gasteiger partial charge >= 0.3 is 29.6 Å². The van der Waals surface area contributed by atoms with Crippen LogP contribution in [0.1, 0.15) is 0 Å². The van der Waals surface area contributed by atoms with Crippen molar-refractivity contribution in [3.8, 4) is 0 Å². The molecule has 0 aromatic carbocycles. The first kappa shape index (κ1) is 21.5. The van der Waals surface area contributed by atoms with Gasteiger partial charge in [0.25, 0.3) is 5.91 Å². The van der Waals surface area contributed by atoms with Crippen LogP contribution in [0.25, 0.3) is 0 Å². The largest absolute Gasteiger partial charge is 1.00 e. The van der Waals surface area contributed by atoms with Crippen LogP contribution in [-0.2, 0) is 25.0 Å². The quantitative estimate of drug-likeness (QED) is 0.277. The minimum atomic E-state index is -4.96. The summed E-state index contributed by atoms with van der Waals surface area (Å²) < 4.78 is 64.0. The van der Waals surface area contributed by atoms with Crippen LogP contribution in [0.2, 0.25) is 0 Å². The number of hydrogen-bond donors (Lipinski definition) is 1. The van der Waals surface area contributed by atoms with Gasteiger partial charge in [-0.25, -0.2) is 16.8 Å². The second kappa shape index (κ2) is 7.31. The Morgan fingerprint density at radius 2 is 1.63 bits per heavy atom. The summed E-state index contributed by atoms with van der Waals surface area (Å²) in [5.41, 5.74) is 4.93. The van der Waals surface area contributed by atoms with Crippen LogP contribution in [-0.4, -0.2) is 74.5 Å². The molecule has 1 atom stereocenters. The first-order valence-electron chi connectivity index (χ1n) is 4.71. The summed E-state index contributed by atoms with van der Waals surface area (Å²) in [5, 5.41) is -1.91. The van der Waals surface area contributed by atoms with Crippen molar-refractivity contribution in [2.45, 2.75) is 5.25 Å². The van der Waals surface area contributed by atoms with Crippen LogP contribution in [0.5, 0.6) is 0 Å². The van der Waals surface area contributed by atoms with E-state index in [2.05, 4.69) is 0 Å². The van der Waals surface area contributed by atoms with E-state index >= 15 is 0 Å². The average Bonchev–Trinajstić information content (AvgIpc) is 1.93. The molecule has 0 heterocycles. The fourth-order valence-electron chi connectivity index (χ4n) is 1.49. The van der Waals surface area contributed by atoms with Gasteiger partial charge in [0.2, 0.25) is 0 Å². The molecule has 0 bridgehead atoms. The standard InChI is InChI=1S/C7H16N2O7S2.Na/c1-9(2,4-7(8)10)3-6(18(14,15)16)5-17(11,12)13;/h6H,3-5H2,1-2H3,(H3-,8,10,11,12,13,14,15,16);/q;+1/p-1. The molecule has 0 aliphatic heterocycles. The minimum absolute atomic E-state index is 0. The molecule has 0 aliphatic carbocycles. The summed E-state index contributed by atoms with van der Waals surface area (Å²) in [4.78, 5) is 10.7. The maximum Gasteiger partial charge on any atom is 1.00 e. The number of carbonyl (C=O) groups excluding carboxylic acids is 1. The number of nitrogens with zero attached hydrogens (tertiary/aromatic N) is 1. The van der Waals surface area contributed by atoms with Crippen LogP contribution in [0.3, 0.4) is 0 Å². The third-order valence-electron chi connectivity index (χ3n) is 2.08. The van der Waals surface area contributed by atoms with E-state index in [1.807, 2.05) is 0 Å². The zero-order valence-corrected chi connectivity index (χ0v) is 14.5. The van der Waals surface area contributed by atoms with Crippen molar-refractivity contribution in [3.05, 3.63) is 0 Å². The third kappa shape index (κ3) is 10.7. The van der Waals surface area contributed by atoms with Gasteiger partial charge in [0.1, 0.15) is 15.4 Å². The van der Waals surface area contributed by atoms with E-state index in [0.717, 1.165) is 0 Å². The predicted molar refractivity (Wildman–Crippen MR) is 59.1 cm³/mol. The number of likely N-dealkylation sites (N-methyl/N-ethyl adjacent to an activating group) is 1. The van der Waals surface area contributed by atoms with Crippen molar-refractivity contribution in [1.82, 2.24) is 0 Å². The second-order valence-electron chi connectivity index (χ2n) is 4.58. The molecule has 19 heavy (non-hydrogen) atoms. The third-order valence-corrected chi connectivity index (χ3v) is 4.23. The van der Waals surface area contributed by atoms with E-state index in [1.54, 1.807) is 0 Å². The SMILES string of the molecule is C[N+](C)(CC(N)=O)CC(CS(=O)(=O)[O-])S(=O)(=O)[O-].[Na+]. The Morgan fingerprint density at radius 3 is 1.89 bits per heavy atom. The van der Waals surface area contributed by atoms with Gasteiger partial charge in [-0.1, -0.05) is 0 Å². The molecular weight excluding hydrogens is 311 g/mol. The number of carbonyl (C=O) groups is 1. The smallest absolute Gasteiger partial charge is 0.748 e. The van der Waals surface area contributed by atoms with Crippen molar-refractivity contribution in [2.24, 2.45) is 5.73 Å². The molecule has 0 saturated carbocycles. The van der Waals surface area contributed by atoms with Gasteiger partial charge in [0.05, 0.1) is 36.5 Å². The van der Waals surface area contributed by atoms with E-state index in [4.69, 9.17) is 5.73 Å². The van der Waals surface area contributed by atoms with Crippen LogP contribution >= 0.6 is 0 Å². The molecule has 0 aromatic heterocycles. The Morgan fingerprint density at radius 1 is 1.21 bits per heavy atom. The summed E-state index contributed by atoms with van der Waals surface area (Å²) in [6.45, 7) is -0.777. The van der Waals surface area contributed by atoms with Gasteiger partial charge < -0.3 is 19.3 Å². The van der Waals surface area contributed by atoms with E-state index in [-0.39, 0.29) is 40.6 Å². The molecule has 108 valence electrons. The Labute approximate surface area is 134 Å². The Bertz CT molecular complexity index is 514.